The van der Waals surface area contributed by atoms with E-state index in [1.165, 1.54) is 6.07 Å². The van der Waals surface area contributed by atoms with Crippen LogP contribution < -0.4 is 5.32 Å². The van der Waals surface area contributed by atoms with Gasteiger partial charge in [-0.15, -0.1) is 0 Å². The van der Waals surface area contributed by atoms with Crippen LogP contribution in [0.1, 0.15) is 39.7 Å². The van der Waals surface area contributed by atoms with E-state index in [0.29, 0.717) is 10.0 Å². The number of benzene rings is 1. The molecule has 0 aromatic heterocycles. The van der Waals surface area contributed by atoms with Crippen LogP contribution in [0, 0.1) is 10.1 Å². The second-order valence-corrected chi connectivity index (χ2v) is 6.64. The van der Waals surface area contributed by atoms with Crippen molar-refractivity contribution in [2.75, 3.05) is 6.54 Å². The van der Waals surface area contributed by atoms with Crippen LogP contribution in [0.5, 0.6) is 0 Å². The Morgan fingerprint density at radius 2 is 2.10 bits per heavy atom. The Bertz CT molecular complexity index is 519. The first-order chi connectivity index (χ1) is 9.23. The van der Waals surface area contributed by atoms with E-state index in [0.717, 1.165) is 18.5 Å². The lowest BCUT2D eigenvalue weighted by Crippen LogP contribution is -2.36. The summed E-state index contributed by atoms with van der Waals surface area (Å²) < 4.78 is 0.715. The SMILES string of the molecule is CC/C(=C/c1ccc(Br)cc1[N+](=O)[O-])CNC(C)(C)C. The van der Waals surface area contributed by atoms with E-state index in [4.69, 9.17) is 0 Å². The zero-order valence-electron chi connectivity index (χ0n) is 12.4. The molecule has 0 heterocycles. The third-order valence-corrected chi connectivity index (χ3v) is 3.34. The molecule has 1 aromatic rings. The summed E-state index contributed by atoms with van der Waals surface area (Å²) in [6, 6.07) is 5.13. The minimum atomic E-state index is -0.346. The Hall–Kier alpha value is -1.20. The van der Waals surface area contributed by atoms with Gasteiger partial charge in [0.25, 0.3) is 5.69 Å². The van der Waals surface area contributed by atoms with Crippen molar-refractivity contribution < 1.29 is 4.92 Å². The van der Waals surface area contributed by atoms with Crippen LogP contribution in [0.3, 0.4) is 0 Å². The molecule has 0 bridgehead atoms. The van der Waals surface area contributed by atoms with Gasteiger partial charge < -0.3 is 5.32 Å². The number of hydrogen-bond acceptors (Lipinski definition) is 3. The van der Waals surface area contributed by atoms with Crippen LogP contribution in [0.2, 0.25) is 0 Å². The third-order valence-electron chi connectivity index (χ3n) is 2.85. The van der Waals surface area contributed by atoms with Gasteiger partial charge in [-0.05, 0) is 45.4 Å². The predicted octanol–water partition coefficient (Wildman–Crippen LogP) is 4.54. The smallest absolute Gasteiger partial charge is 0.277 e. The number of rotatable bonds is 5. The molecule has 20 heavy (non-hydrogen) atoms. The summed E-state index contributed by atoms with van der Waals surface area (Å²) in [4.78, 5) is 10.8. The van der Waals surface area contributed by atoms with Crippen molar-refractivity contribution in [3.05, 3.63) is 43.9 Å². The van der Waals surface area contributed by atoms with E-state index < -0.39 is 0 Å². The molecule has 1 rings (SSSR count). The van der Waals surface area contributed by atoms with Gasteiger partial charge in [-0.3, -0.25) is 10.1 Å². The minimum absolute atomic E-state index is 0.0277. The highest BCUT2D eigenvalue weighted by molar-refractivity contribution is 9.10. The van der Waals surface area contributed by atoms with Gasteiger partial charge in [0.15, 0.2) is 0 Å². The van der Waals surface area contributed by atoms with Gasteiger partial charge in [0, 0.05) is 22.6 Å². The van der Waals surface area contributed by atoms with Crippen molar-refractivity contribution in [2.45, 2.75) is 39.7 Å². The largest absolute Gasteiger partial charge is 0.308 e. The van der Waals surface area contributed by atoms with Gasteiger partial charge in [0.2, 0.25) is 0 Å². The van der Waals surface area contributed by atoms with Crippen LogP contribution in [-0.2, 0) is 0 Å². The minimum Gasteiger partial charge on any atom is -0.308 e. The van der Waals surface area contributed by atoms with Crippen LogP contribution in [0.25, 0.3) is 6.08 Å². The van der Waals surface area contributed by atoms with Crippen molar-refractivity contribution in [1.82, 2.24) is 5.32 Å². The summed E-state index contributed by atoms with van der Waals surface area (Å²) >= 11 is 3.27. The first kappa shape index (κ1) is 16.9. The lowest BCUT2D eigenvalue weighted by atomic mass is 10.0. The lowest BCUT2D eigenvalue weighted by molar-refractivity contribution is -0.385. The molecule has 0 radical (unpaired) electrons. The fraction of sp³-hybridized carbons (Fsp3) is 0.467. The molecular weight excluding hydrogens is 320 g/mol. The van der Waals surface area contributed by atoms with Crippen molar-refractivity contribution in [2.24, 2.45) is 0 Å². The monoisotopic (exact) mass is 340 g/mol. The maximum Gasteiger partial charge on any atom is 0.277 e. The van der Waals surface area contributed by atoms with Crippen LogP contribution in [0.4, 0.5) is 5.69 Å². The molecule has 4 nitrogen and oxygen atoms in total. The Kier molecular flexibility index (Phi) is 5.89. The Balaban J connectivity index is 3.03. The molecule has 0 aliphatic heterocycles. The highest BCUT2D eigenvalue weighted by Crippen LogP contribution is 2.26. The number of nitrogens with one attached hydrogen (secondary N) is 1. The van der Waals surface area contributed by atoms with E-state index >= 15 is 0 Å². The van der Waals surface area contributed by atoms with E-state index in [-0.39, 0.29) is 16.1 Å². The molecule has 5 heteroatoms. The average molecular weight is 341 g/mol. The highest BCUT2D eigenvalue weighted by Gasteiger charge is 2.14. The first-order valence-corrected chi connectivity index (χ1v) is 7.40. The van der Waals surface area contributed by atoms with Crippen molar-refractivity contribution in [3.63, 3.8) is 0 Å². The molecule has 0 atom stereocenters. The Morgan fingerprint density at radius 1 is 1.45 bits per heavy atom. The van der Waals surface area contributed by atoms with Gasteiger partial charge in [0.05, 0.1) is 10.5 Å². The van der Waals surface area contributed by atoms with Crippen molar-refractivity contribution in [1.29, 1.82) is 0 Å². The molecule has 0 saturated heterocycles. The summed E-state index contributed by atoms with van der Waals surface area (Å²) in [6.45, 7) is 9.08. The van der Waals surface area contributed by atoms with Crippen LogP contribution in [0.15, 0.2) is 28.2 Å². The van der Waals surface area contributed by atoms with E-state index in [1.54, 1.807) is 6.07 Å². The van der Waals surface area contributed by atoms with E-state index in [2.05, 4.69) is 48.9 Å². The number of nitro groups is 1. The molecule has 1 aromatic carbocycles. The van der Waals surface area contributed by atoms with Gasteiger partial charge in [-0.1, -0.05) is 28.4 Å². The molecule has 0 aliphatic rings. The third kappa shape index (κ3) is 5.43. The maximum atomic E-state index is 11.1. The number of nitrogens with zero attached hydrogens (tertiary/aromatic N) is 1. The van der Waals surface area contributed by atoms with Gasteiger partial charge in [0.1, 0.15) is 0 Å². The zero-order chi connectivity index (χ0) is 15.3. The number of nitro benzene ring substituents is 1. The normalized spacial score (nSPS) is 12.6. The topological polar surface area (TPSA) is 55.2 Å². The van der Waals surface area contributed by atoms with E-state index in [9.17, 15) is 10.1 Å². The van der Waals surface area contributed by atoms with E-state index in [1.807, 2.05) is 12.1 Å². The summed E-state index contributed by atoms with van der Waals surface area (Å²) in [5.41, 5.74) is 1.94. The molecule has 1 N–H and O–H groups in total. The second-order valence-electron chi connectivity index (χ2n) is 5.72. The second kappa shape index (κ2) is 6.99. The average Bonchev–Trinajstić information content (AvgIpc) is 2.34. The summed E-state index contributed by atoms with van der Waals surface area (Å²) in [5, 5.41) is 14.5. The molecular formula is C15H21BrN2O2. The number of hydrogen-bond donors (Lipinski definition) is 1. The standard InChI is InChI=1S/C15H21BrN2O2/c1-5-11(10-17-15(2,3)4)8-12-6-7-13(16)9-14(12)18(19)20/h6-9,17H,5,10H2,1-4H3/b11-8-. The summed E-state index contributed by atoms with van der Waals surface area (Å²) in [5.74, 6) is 0. The van der Waals surface area contributed by atoms with Gasteiger partial charge >= 0.3 is 0 Å². The quantitative estimate of drug-likeness (QED) is 0.632. The van der Waals surface area contributed by atoms with Crippen molar-refractivity contribution >= 4 is 27.7 Å². The lowest BCUT2D eigenvalue weighted by Gasteiger charge is -2.21. The van der Waals surface area contributed by atoms with Gasteiger partial charge in [-0.25, -0.2) is 0 Å². The van der Waals surface area contributed by atoms with Crippen molar-refractivity contribution in [3.8, 4) is 0 Å². The molecule has 0 fully saturated rings. The molecule has 0 unspecified atom stereocenters. The van der Waals surface area contributed by atoms with Crippen LogP contribution in [-0.4, -0.2) is 17.0 Å². The molecule has 0 amide bonds. The van der Waals surface area contributed by atoms with Gasteiger partial charge in [-0.2, -0.15) is 0 Å². The number of halogens is 1. The molecule has 0 aliphatic carbocycles. The fourth-order valence-corrected chi connectivity index (χ4v) is 2.02. The summed E-state index contributed by atoms with van der Waals surface area (Å²) in [7, 11) is 0. The molecule has 0 saturated carbocycles. The fourth-order valence-electron chi connectivity index (χ4n) is 1.67. The molecule has 110 valence electrons. The summed E-state index contributed by atoms with van der Waals surface area (Å²) in [6.07, 6.45) is 2.76. The highest BCUT2D eigenvalue weighted by atomic mass is 79.9. The maximum absolute atomic E-state index is 11.1. The Labute approximate surface area is 128 Å². The molecule has 0 spiro atoms. The zero-order valence-corrected chi connectivity index (χ0v) is 14.0. The van der Waals surface area contributed by atoms with Crippen LogP contribution >= 0.6 is 15.9 Å². The Morgan fingerprint density at radius 3 is 2.60 bits per heavy atom. The predicted molar refractivity (Wildman–Crippen MR) is 86.8 cm³/mol. The first-order valence-electron chi connectivity index (χ1n) is 6.61.